The fourth-order valence-electron chi connectivity index (χ4n) is 1.85. The Morgan fingerprint density at radius 3 is 2.78 bits per heavy atom. The van der Waals surface area contributed by atoms with Gasteiger partial charge in [0.1, 0.15) is 5.82 Å². The van der Waals surface area contributed by atoms with Crippen molar-refractivity contribution >= 4 is 17.6 Å². The van der Waals surface area contributed by atoms with Crippen molar-refractivity contribution < 1.29 is 19.1 Å². The maximum atomic E-state index is 13.8. The molecule has 1 fully saturated rings. The van der Waals surface area contributed by atoms with E-state index in [1.54, 1.807) is 6.07 Å². The third-order valence-corrected chi connectivity index (χ3v) is 2.76. The maximum absolute atomic E-state index is 13.8. The van der Waals surface area contributed by atoms with Crippen molar-refractivity contribution in [1.82, 2.24) is 5.32 Å². The normalized spacial score (nSPS) is 15.8. The number of urea groups is 1. The number of hydrogen-bond acceptors (Lipinski definition) is 3. The van der Waals surface area contributed by atoms with Crippen LogP contribution < -0.4 is 10.2 Å². The zero-order valence-corrected chi connectivity index (χ0v) is 9.65. The van der Waals surface area contributed by atoms with Crippen LogP contribution in [0.3, 0.4) is 0 Å². The molecule has 0 saturated carbocycles. The summed E-state index contributed by atoms with van der Waals surface area (Å²) in [7, 11) is 0. The van der Waals surface area contributed by atoms with E-state index in [4.69, 9.17) is 5.11 Å². The minimum Gasteiger partial charge on any atom is -0.396 e. The number of hydrogen-bond donors (Lipinski definition) is 2. The van der Waals surface area contributed by atoms with Crippen LogP contribution in [0.1, 0.15) is 12.0 Å². The van der Waals surface area contributed by atoms with Crippen LogP contribution in [0.15, 0.2) is 18.2 Å². The highest BCUT2D eigenvalue weighted by Crippen LogP contribution is 2.22. The van der Waals surface area contributed by atoms with Gasteiger partial charge in [-0.2, -0.15) is 0 Å². The molecule has 0 spiro atoms. The van der Waals surface area contributed by atoms with Gasteiger partial charge in [-0.25, -0.2) is 9.18 Å². The van der Waals surface area contributed by atoms with Crippen LogP contribution in [0.4, 0.5) is 14.9 Å². The molecule has 96 valence electrons. The molecule has 1 aromatic rings. The van der Waals surface area contributed by atoms with Crippen molar-refractivity contribution in [2.45, 2.75) is 12.8 Å². The number of amides is 3. The van der Waals surface area contributed by atoms with Crippen molar-refractivity contribution in [3.05, 3.63) is 29.6 Å². The molecule has 2 N–H and O–H groups in total. The fraction of sp³-hybridized carbons (Fsp3) is 0.333. The summed E-state index contributed by atoms with van der Waals surface area (Å²) < 4.78 is 13.8. The van der Waals surface area contributed by atoms with Crippen molar-refractivity contribution in [3.63, 3.8) is 0 Å². The highest BCUT2D eigenvalue weighted by molar-refractivity contribution is 6.05. The second-order valence-corrected chi connectivity index (χ2v) is 4.01. The number of aliphatic hydroxyl groups excluding tert-OH is 1. The lowest BCUT2D eigenvalue weighted by Crippen LogP contribution is -2.49. The molecule has 5 nitrogen and oxygen atoms in total. The first-order chi connectivity index (χ1) is 8.61. The number of imide groups is 1. The average molecular weight is 252 g/mol. The van der Waals surface area contributed by atoms with Crippen LogP contribution >= 0.6 is 0 Å². The first kappa shape index (κ1) is 12.5. The Labute approximate surface area is 103 Å². The highest BCUT2D eigenvalue weighted by Gasteiger charge is 2.26. The smallest absolute Gasteiger partial charge is 0.328 e. The summed E-state index contributed by atoms with van der Waals surface area (Å²) in [6.07, 6.45) is 0.519. The van der Waals surface area contributed by atoms with Crippen LogP contribution in [0.5, 0.6) is 0 Å². The van der Waals surface area contributed by atoms with Gasteiger partial charge in [0.05, 0.1) is 5.69 Å². The van der Waals surface area contributed by atoms with Gasteiger partial charge in [0.2, 0.25) is 5.91 Å². The van der Waals surface area contributed by atoms with Crippen LogP contribution in [-0.2, 0) is 11.2 Å². The van der Waals surface area contributed by atoms with Crippen molar-refractivity contribution in [3.8, 4) is 0 Å². The molecule has 0 atom stereocenters. The van der Waals surface area contributed by atoms with E-state index in [0.29, 0.717) is 12.0 Å². The third kappa shape index (κ3) is 2.48. The largest absolute Gasteiger partial charge is 0.396 e. The van der Waals surface area contributed by atoms with E-state index >= 15 is 0 Å². The molecule has 6 heteroatoms. The summed E-state index contributed by atoms with van der Waals surface area (Å²) in [5.74, 6) is -0.890. The number of nitrogens with one attached hydrogen (secondary N) is 1. The lowest BCUT2D eigenvalue weighted by molar-refractivity contribution is -0.120. The number of anilines is 1. The molecule has 1 aliphatic heterocycles. The van der Waals surface area contributed by atoms with Crippen LogP contribution in [0, 0.1) is 5.82 Å². The zero-order valence-electron chi connectivity index (χ0n) is 9.65. The summed E-state index contributed by atoms with van der Waals surface area (Å²) >= 11 is 0. The lowest BCUT2D eigenvalue weighted by atomic mass is 10.1. The molecule has 1 heterocycles. The Bertz CT molecular complexity index is 490. The van der Waals surface area contributed by atoms with Gasteiger partial charge in [0.25, 0.3) is 0 Å². The van der Waals surface area contributed by atoms with E-state index in [1.165, 1.54) is 17.0 Å². The van der Waals surface area contributed by atoms with Crippen molar-refractivity contribution in [2.24, 2.45) is 0 Å². The minimum atomic E-state index is -0.611. The standard InChI is InChI=1S/C12H13FN2O3/c13-9-7-8(4-6-16)1-2-10(9)15-5-3-11(17)14-12(15)18/h1-2,7,16H,3-6H2,(H,14,17,18). The van der Waals surface area contributed by atoms with Gasteiger partial charge in [0.15, 0.2) is 0 Å². The molecule has 0 bridgehead atoms. The molecule has 2 rings (SSSR count). The summed E-state index contributed by atoms with van der Waals surface area (Å²) in [4.78, 5) is 23.7. The molecular formula is C12H13FN2O3. The molecule has 0 radical (unpaired) electrons. The predicted octanol–water partition coefficient (Wildman–Crippen LogP) is 0.807. The molecule has 1 aliphatic rings. The van der Waals surface area contributed by atoms with Crippen molar-refractivity contribution in [2.75, 3.05) is 18.1 Å². The van der Waals surface area contributed by atoms with E-state index in [2.05, 4.69) is 5.32 Å². The average Bonchev–Trinajstić information content (AvgIpc) is 2.31. The van der Waals surface area contributed by atoms with E-state index in [0.717, 1.165) is 0 Å². The summed E-state index contributed by atoms with van der Waals surface area (Å²) in [6.45, 7) is 0.110. The van der Waals surface area contributed by atoms with E-state index < -0.39 is 11.8 Å². The second-order valence-electron chi connectivity index (χ2n) is 4.01. The highest BCUT2D eigenvalue weighted by atomic mass is 19.1. The quantitative estimate of drug-likeness (QED) is 0.836. The second kappa shape index (κ2) is 5.14. The van der Waals surface area contributed by atoms with E-state index in [-0.39, 0.29) is 31.2 Å². The zero-order chi connectivity index (χ0) is 13.1. The first-order valence-electron chi connectivity index (χ1n) is 5.62. The van der Waals surface area contributed by atoms with Crippen LogP contribution in [0.2, 0.25) is 0 Å². The van der Waals surface area contributed by atoms with E-state index in [9.17, 15) is 14.0 Å². The molecule has 0 unspecified atom stereocenters. The molecule has 0 aromatic heterocycles. The third-order valence-electron chi connectivity index (χ3n) is 2.76. The van der Waals surface area contributed by atoms with Gasteiger partial charge in [-0.15, -0.1) is 0 Å². The van der Waals surface area contributed by atoms with Gasteiger partial charge < -0.3 is 5.11 Å². The number of nitrogens with zero attached hydrogens (tertiary/aromatic N) is 1. The number of rotatable bonds is 3. The van der Waals surface area contributed by atoms with Gasteiger partial charge >= 0.3 is 6.03 Å². The van der Waals surface area contributed by atoms with E-state index in [1.807, 2.05) is 0 Å². The predicted molar refractivity (Wildman–Crippen MR) is 62.7 cm³/mol. The van der Waals surface area contributed by atoms with Gasteiger partial charge in [-0.3, -0.25) is 15.0 Å². The summed E-state index contributed by atoms with van der Waals surface area (Å²) in [5, 5.41) is 10.9. The Balaban J connectivity index is 2.23. The van der Waals surface area contributed by atoms with Gasteiger partial charge in [-0.1, -0.05) is 6.07 Å². The minimum absolute atomic E-state index is 0.0580. The number of carbonyl (C=O) groups excluding carboxylic acids is 2. The Hall–Kier alpha value is -1.95. The monoisotopic (exact) mass is 252 g/mol. The van der Waals surface area contributed by atoms with Crippen molar-refractivity contribution in [1.29, 1.82) is 0 Å². The van der Waals surface area contributed by atoms with Crippen LogP contribution in [0.25, 0.3) is 0 Å². The molecule has 0 aliphatic carbocycles. The lowest BCUT2D eigenvalue weighted by Gasteiger charge is -2.26. The number of carbonyl (C=O) groups is 2. The SMILES string of the molecule is O=C1CCN(c2ccc(CCO)cc2F)C(=O)N1. The Kier molecular flexibility index (Phi) is 3.57. The fourth-order valence-corrected chi connectivity index (χ4v) is 1.85. The molecule has 3 amide bonds. The molecule has 1 saturated heterocycles. The van der Waals surface area contributed by atoms with Gasteiger partial charge in [0, 0.05) is 19.6 Å². The molecule has 18 heavy (non-hydrogen) atoms. The Morgan fingerprint density at radius 2 is 2.17 bits per heavy atom. The topological polar surface area (TPSA) is 69.6 Å². The summed E-state index contributed by atoms with van der Waals surface area (Å²) in [6, 6.07) is 3.81. The maximum Gasteiger partial charge on any atom is 0.328 e. The number of halogens is 1. The first-order valence-corrected chi connectivity index (χ1v) is 5.62. The van der Waals surface area contributed by atoms with Gasteiger partial charge in [-0.05, 0) is 24.1 Å². The number of aliphatic hydroxyl groups is 1. The molecular weight excluding hydrogens is 239 g/mol. The molecule has 1 aromatic carbocycles. The Morgan fingerprint density at radius 1 is 1.39 bits per heavy atom. The van der Waals surface area contributed by atoms with Crippen LogP contribution in [-0.4, -0.2) is 30.2 Å². The number of benzene rings is 1. The summed E-state index contributed by atoms with van der Waals surface area (Å²) in [5.41, 5.74) is 0.800.